The van der Waals surface area contributed by atoms with Gasteiger partial charge < -0.3 is 14.9 Å². The molecule has 23 heavy (non-hydrogen) atoms. The van der Waals surface area contributed by atoms with Gasteiger partial charge in [-0.1, -0.05) is 5.16 Å². The molecule has 2 aromatic heterocycles. The van der Waals surface area contributed by atoms with E-state index in [4.69, 9.17) is 9.63 Å². The molecule has 0 fully saturated rings. The van der Waals surface area contributed by atoms with Crippen LogP contribution in [-0.4, -0.2) is 51.1 Å². The number of amides is 1. The summed E-state index contributed by atoms with van der Waals surface area (Å²) in [4.78, 5) is 13.9. The highest BCUT2D eigenvalue weighted by molar-refractivity contribution is 5.91. The summed E-state index contributed by atoms with van der Waals surface area (Å²) in [5.41, 5.74) is 3.00. The Kier molecular flexibility index (Phi) is 5.51. The first kappa shape index (κ1) is 17.2. The minimum absolute atomic E-state index is 0.0523. The Hall–Kier alpha value is -2.19. The van der Waals surface area contributed by atoms with E-state index in [1.807, 2.05) is 25.8 Å². The Morgan fingerprint density at radius 3 is 2.78 bits per heavy atom. The lowest BCUT2D eigenvalue weighted by Gasteiger charge is -2.16. The molecule has 0 radical (unpaired) electrons. The Bertz CT molecular complexity index is 677. The van der Waals surface area contributed by atoms with Gasteiger partial charge in [0.1, 0.15) is 5.76 Å². The summed E-state index contributed by atoms with van der Waals surface area (Å²) in [6.45, 7) is 7.03. The van der Waals surface area contributed by atoms with Crippen LogP contribution < -0.4 is 5.32 Å². The summed E-state index contributed by atoms with van der Waals surface area (Å²) in [5.74, 6) is 0.916. The smallest absolute Gasteiger partial charge is 0.239 e. The van der Waals surface area contributed by atoms with E-state index in [2.05, 4.69) is 15.6 Å². The normalized spacial score (nSPS) is 11.2. The van der Waals surface area contributed by atoms with E-state index in [1.54, 1.807) is 17.7 Å². The zero-order valence-corrected chi connectivity index (χ0v) is 14.0. The van der Waals surface area contributed by atoms with Crippen molar-refractivity contribution in [3.05, 3.63) is 28.8 Å². The van der Waals surface area contributed by atoms with Gasteiger partial charge in [-0.3, -0.25) is 14.4 Å². The van der Waals surface area contributed by atoms with Crippen LogP contribution in [0.3, 0.4) is 0 Å². The number of rotatable bonds is 7. The molecule has 126 valence electrons. The van der Waals surface area contributed by atoms with Gasteiger partial charge in [0.05, 0.1) is 25.4 Å². The van der Waals surface area contributed by atoms with Gasteiger partial charge in [0.25, 0.3) is 0 Å². The SMILES string of the molecule is Cc1cc(NC(=O)CN(C)Cc2c(C)nn(CCO)c2C)no1. The van der Waals surface area contributed by atoms with Crippen molar-refractivity contribution in [1.82, 2.24) is 19.8 Å². The molecular weight excluding hydrogens is 298 g/mol. The number of anilines is 1. The number of aromatic nitrogens is 3. The third-order valence-electron chi connectivity index (χ3n) is 3.58. The summed E-state index contributed by atoms with van der Waals surface area (Å²) in [6.07, 6.45) is 0. The van der Waals surface area contributed by atoms with Crippen LogP contribution in [0, 0.1) is 20.8 Å². The molecule has 0 aliphatic carbocycles. The molecular formula is C15H23N5O3. The zero-order valence-electron chi connectivity index (χ0n) is 14.0. The highest BCUT2D eigenvalue weighted by Gasteiger charge is 2.15. The number of likely N-dealkylation sites (N-methyl/N-ethyl adjacent to an activating group) is 1. The van der Waals surface area contributed by atoms with Crippen molar-refractivity contribution in [2.24, 2.45) is 0 Å². The van der Waals surface area contributed by atoms with Gasteiger partial charge in [0.2, 0.25) is 5.91 Å². The molecule has 2 heterocycles. The number of nitrogens with one attached hydrogen (secondary N) is 1. The lowest BCUT2D eigenvalue weighted by Crippen LogP contribution is -2.30. The largest absolute Gasteiger partial charge is 0.394 e. The van der Waals surface area contributed by atoms with E-state index in [9.17, 15) is 4.79 Å². The quantitative estimate of drug-likeness (QED) is 0.785. The summed E-state index contributed by atoms with van der Waals surface area (Å²) < 4.78 is 6.70. The van der Waals surface area contributed by atoms with Gasteiger partial charge in [0, 0.05) is 23.9 Å². The maximum Gasteiger partial charge on any atom is 0.239 e. The molecule has 0 aliphatic heterocycles. The number of hydrogen-bond acceptors (Lipinski definition) is 6. The number of carbonyl (C=O) groups is 1. The molecule has 2 rings (SSSR count). The first-order valence-corrected chi connectivity index (χ1v) is 7.46. The molecule has 8 nitrogen and oxygen atoms in total. The van der Waals surface area contributed by atoms with E-state index in [1.165, 1.54) is 0 Å². The predicted octanol–water partition coefficient (Wildman–Crippen LogP) is 0.859. The van der Waals surface area contributed by atoms with Gasteiger partial charge in [-0.2, -0.15) is 5.10 Å². The molecule has 2 aromatic rings. The fourth-order valence-electron chi connectivity index (χ4n) is 2.45. The number of nitrogens with zero attached hydrogens (tertiary/aromatic N) is 4. The topological polar surface area (TPSA) is 96.4 Å². The van der Waals surface area contributed by atoms with E-state index in [-0.39, 0.29) is 19.1 Å². The third-order valence-corrected chi connectivity index (χ3v) is 3.58. The second-order valence-corrected chi connectivity index (χ2v) is 5.64. The first-order chi connectivity index (χ1) is 10.9. The van der Waals surface area contributed by atoms with Gasteiger partial charge in [0.15, 0.2) is 5.82 Å². The first-order valence-electron chi connectivity index (χ1n) is 7.46. The summed E-state index contributed by atoms with van der Waals surface area (Å²) in [5, 5.41) is 19.9. The molecule has 0 atom stereocenters. The molecule has 1 amide bonds. The van der Waals surface area contributed by atoms with Gasteiger partial charge in [-0.25, -0.2) is 0 Å². The Morgan fingerprint density at radius 1 is 1.43 bits per heavy atom. The Balaban J connectivity index is 1.94. The maximum absolute atomic E-state index is 12.0. The highest BCUT2D eigenvalue weighted by Crippen LogP contribution is 2.15. The van der Waals surface area contributed by atoms with Gasteiger partial charge >= 0.3 is 0 Å². The van der Waals surface area contributed by atoms with Crippen molar-refractivity contribution in [2.75, 3.05) is 25.5 Å². The fraction of sp³-hybridized carbons (Fsp3) is 0.533. The fourth-order valence-corrected chi connectivity index (χ4v) is 2.45. The number of aliphatic hydroxyl groups is 1. The van der Waals surface area contributed by atoms with Crippen LogP contribution in [0.2, 0.25) is 0 Å². The molecule has 2 N–H and O–H groups in total. The summed E-state index contributed by atoms with van der Waals surface area (Å²) in [7, 11) is 1.87. The predicted molar refractivity (Wildman–Crippen MR) is 85.0 cm³/mol. The van der Waals surface area contributed by atoms with Gasteiger partial charge in [-0.05, 0) is 27.8 Å². The minimum atomic E-state index is -0.154. The molecule has 0 bridgehead atoms. The minimum Gasteiger partial charge on any atom is -0.394 e. The second-order valence-electron chi connectivity index (χ2n) is 5.64. The Labute approximate surface area is 135 Å². The molecule has 0 unspecified atom stereocenters. The van der Waals surface area contributed by atoms with E-state index in [0.29, 0.717) is 24.7 Å². The lowest BCUT2D eigenvalue weighted by atomic mass is 10.2. The monoisotopic (exact) mass is 321 g/mol. The van der Waals surface area contributed by atoms with Crippen LogP contribution in [0.1, 0.15) is 22.7 Å². The van der Waals surface area contributed by atoms with Crippen molar-refractivity contribution in [3.8, 4) is 0 Å². The average molecular weight is 321 g/mol. The van der Waals surface area contributed by atoms with Crippen LogP contribution in [0.15, 0.2) is 10.6 Å². The van der Waals surface area contributed by atoms with E-state index >= 15 is 0 Å². The third kappa shape index (κ3) is 4.40. The molecule has 0 saturated heterocycles. The molecule has 0 spiro atoms. The van der Waals surface area contributed by atoms with Crippen molar-refractivity contribution < 1.29 is 14.4 Å². The van der Waals surface area contributed by atoms with Crippen molar-refractivity contribution in [2.45, 2.75) is 33.9 Å². The Morgan fingerprint density at radius 2 is 2.17 bits per heavy atom. The number of carbonyl (C=O) groups excluding carboxylic acids is 1. The number of aryl methyl sites for hydroxylation is 2. The van der Waals surface area contributed by atoms with Crippen molar-refractivity contribution in [3.63, 3.8) is 0 Å². The maximum atomic E-state index is 12.0. The number of aliphatic hydroxyl groups excluding tert-OH is 1. The molecule has 8 heteroatoms. The van der Waals surface area contributed by atoms with Crippen molar-refractivity contribution in [1.29, 1.82) is 0 Å². The van der Waals surface area contributed by atoms with E-state index in [0.717, 1.165) is 17.0 Å². The van der Waals surface area contributed by atoms with Crippen molar-refractivity contribution >= 4 is 11.7 Å². The average Bonchev–Trinajstić information content (AvgIpc) is 2.98. The van der Waals surface area contributed by atoms with Crippen LogP contribution in [0.25, 0.3) is 0 Å². The second kappa shape index (κ2) is 7.38. The van der Waals surface area contributed by atoms with Gasteiger partial charge in [-0.15, -0.1) is 0 Å². The van der Waals surface area contributed by atoms with Crippen LogP contribution in [0.5, 0.6) is 0 Å². The van der Waals surface area contributed by atoms with Crippen LogP contribution in [0.4, 0.5) is 5.82 Å². The summed E-state index contributed by atoms with van der Waals surface area (Å²) >= 11 is 0. The number of hydrogen-bond donors (Lipinski definition) is 2. The molecule has 0 aromatic carbocycles. The standard InChI is InChI=1S/C15H23N5O3/c1-10-7-14(18-23-10)16-15(22)9-19(4)8-13-11(2)17-20(5-6-21)12(13)3/h7,21H,5-6,8-9H2,1-4H3,(H,16,18,22). The van der Waals surface area contributed by atoms with Crippen LogP contribution >= 0.6 is 0 Å². The van der Waals surface area contributed by atoms with E-state index < -0.39 is 0 Å². The summed E-state index contributed by atoms with van der Waals surface area (Å²) in [6, 6.07) is 1.67. The highest BCUT2D eigenvalue weighted by atomic mass is 16.5. The lowest BCUT2D eigenvalue weighted by molar-refractivity contribution is -0.117. The molecule has 0 aliphatic rings. The molecule has 0 saturated carbocycles. The van der Waals surface area contributed by atoms with Crippen LogP contribution in [-0.2, 0) is 17.9 Å². The zero-order chi connectivity index (χ0) is 17.0.